The van der Waals surface area contributed by atoms with E-state index in [9.17, 15) is 14.4 Å². The second-order valence-corrected chi connectivity index (χ2v) is 12.8. The topological polar surface area (TPSA) is 129 Å². The summed E-state index contributed by atoms with van der Waals surface area (Å²) in [6.45, 7) is 13.7. The largest absolute Gasteiger partial charge is 0.472 e. The number of aliphatic carboxylic acids is 1. The first-order chi connectivity index (χ1) is 11.2. The molecule has 0 aliphatic carbocycles. The van der Waals surface area contributed by atoms with E-state index in [0.717, 1.165) is 0 Å². The molecule has 0 bridgehead atoms. The first-order valence-corrected chi connectivity index (χ1v) is 11.1. The summed E-state index contributed by atoms with van der Waals surface area (Å²) in [7, 11) is -2.10. The van der Waals surface area contributed by atoms with Gasteiger partial charge in [0, 0.05) is 5.92 Å². The van der Waals surface area contributed by atoms with Gasteiger partial charge in [0.25, 0.3) is 5.78 Å². The molecule has 1 rings (SSSR count). The third-order valence-corrected chi connectivity index (χ3v) is 9.85. The average molecular weight is 369 g/mol. The number of β-lactam (4-membered cyclic amide) rings is 1. The van der Waals surface area contributed by atoms with Crippen LogP contribution in [0.3, 0.4) is 0 Å². The number of Topliss-reactive ketones (excluding diaryl/α,β-unsaturated/α-hetero) is 1. The molecule has 0 aromatic rings. The quantitative estimate of drug-likeness (QED) is 0.175. The van der Waals surface area contributed by atoms with Gasteiger partial charge >= 0.3 is 11.7 Å². The zero-order valence-electron chi connectivity index (χ0n) is 15.8. The highest BCUT2D eigenvalue weighted by molar-refractivity contribution is 6.74. The Morgan fingerprint density at radius 1 is 1.32 bits per heavy atom. The van der Waals surface area contributed by atoms with E-state index >= 15 is 0 Å². The molecular weight excluding hydrogens is 342 g/mol. The second kappa shape index (κ2) is 7.19. The van der Waals surface area contributed by atoms with Crippen molar-refractivity contribution in [2.45, 2.75) is 64.9 Å². The van der Waals surface area contributed by atoms with Crippen molar-refractivity contribution in [3.05, 3.63) is 5.53 Å². The van der Waals surface area contributed by atoms with Crippen LogP contribution in [-0.2, 0) is 18.8 Å². The molecule has 8 nitrogen and oxygen atoms in total. The predicted molar refractivity (Wildman–Crippen MR) is 93.6 cm³/mol. The maximum absolute atomic E-state index is 12.2. The minimum Gasteiger partial charge on any atom is -0.472 e. The molecule has 1 aliphatic heterocycles. The first-order valence-electron chi connectivity index (χ1n) is 8.22. The van der Waals surface area contributed by atoms with Crippen molar-refractivity contribution in [3.8, 4) is 0 Å². The van der Waals surface area contributed by atoms with Gasteiger partial charge in [0.05, 0.1) is 18.1 Å². The fourth-order valence-electron chi connectivity index (χ4n) is 2.65. The van der Waals surface area contributed by atoms with Crippen LogP contribution >= 0.6 is 0 Å². The summed E-state index contributed by atoms with van der Waals surface area (Å²) in [6, 6.07) is -0.559. The highest BCUT2D eigenvalue weighted by Gasteiger charge is 2.52. The molecule has 1 fully saturated rings. The monoisotopic (exact) mass is 369 g/mol. The molecule has 25 heavy (non-hydrogen) atoms. The van der Waals surface area contributed by atoms with Gasteiger partial charge in [0.15, 0.2) is 8.32 Å². The van der Waals surface area contributed by atoms with Crippen LogP contribution in [0.15, 0.2) is 0 Å². The van der Waals surface area contributed by atoms with Crippen molar-refractivity contribution in [2.24, 2.45) is 11.8 Å². The van der Waals surface area contributed by atoms with E-state index in [1.807, 2.05) is 0 Å². The van der Waals surface area contributed by atoms with Crippen LogP contribution in [-0.4, -0.2) is 53.7 Å². The van der Waals surface area contributed by atoms with Gasteiger partial charge < -0.3 is 20.4 Å². The van der Waals surface area contributed by atoms with Gasteiger partial charge in [-0.15, -0.1) is 0 Å². The van der Waals surface area contributed by atoms with Gasteiger partial charge in [-0.05, 0) is 25.1 Å². The van der Waals surface area contributed by atoms with E-state index in [1.165, 1.54) is 6.92 Å². The molecule has 0 aromatic carbocycles. The van der Waals surface area contributed by atoms with Crippen LogP contribution in [0.2, 0.25) is 18.1 Å². The lowest BCUT2D eigenvalue weighted by atomic mass is 9.76. The SMILES string of the molecule is CC(C(=O)C(=[N+]=[N-])C(=O)O)[C@H]1NC(=O)[C@@H]1[C@@H](C)O[Si](C)(C)C(C)(C)C. The van der Waals surface area contributed by atoms with Crippen molar-refractivity contribution >= 4 is 31.7 Å². The molecule has 0 saturated carbocycles. The summed E-state index contributed by atoms with van der Waals surface area (Å²) in [4.78, 5) is 37.8. The summed E-state index contributed by atoms with van der Waals surface area (Å²) in [5.74, 6) is -4.05. The number of carbonyl (C=O) groups is 3. The Balaban J connectivity index is 2.94. The maximum Gasteiger partial charge on any atom is 0.441 e. The Bertz CT molecular complexity index is 634. The van der Waals surface area contributed by atoms with E-state index in [-0.39, 0.29) is 10.9 Å². The molecule has 140 valence electrons. The van der Waals surface area contributed by atoms with Gasteiger partial charge in [-0.3, -0.25) is 9.59 Å². The average Bonchev–Trinajstić information content (AvgIpc) is 2.41. The van der Waals surface area contributed by atoms with Gasteiger partial charge in [-0.2, -0.15) is 4.79 Å². The number of carboxylic acids is 1. The van der Waals surface area contributed by atoms with Gasteiger partial charge in [0.1, 0.15) is 0 Å². The van der Waals surface area contributed by atoms with Gasteiger partial charge in [0.2, 0.25) is 5.91 Å². The van der Waals surface area contributed by atoms with Crippen molar-refractivity contribution < 1.29 is 28.7 Å². The Labute approximate surface area is 148 Å². The van der Waals surface area contributed by atoms with E-state index in [0.29, 0.717) is 0 Å². The van der Waals surface area contributed by atoms with Crippen molar-refractivity contribution in [1.29, 1.82) is 0 Å². The second-order valence-electron chi connectivity index (χ2n) is 8.05. The lowest BCUT2D eigenvalue weighted by Gasteiger charge is -2.46. The highest BCUT2D eigenvalue weighted by Crippen LogP contribution is 2.39. The van der Waals surface area contributed by atoms with E-state index < -0.39 is 49.8 Å². The maximum atomic E-state index is 12.2. The lowest BCUT2D eigenvalue weighted by molar-refractivity contribution is -0.144. The number of hydrogen-bond acceptors (Lipinski definition) is 4. The number of amides is 1. The van der Waals surface area contributed by atoms with Crippen LogP contribution in [0.1, 0.15) is 34.6 Å². The van der Waals surface area contributed by atoms with Crippen LogP contribution in [0.4, 0.5) is 0 Å². The lowest BCUT2D eigenvalue weighted by Crippen LogP contribution is -2.67. The molecular formula is C16H27N3O5Si. The number of nitrogens with zero attached hydrogens (tertiary/aromatic N) is 2. The summed E-state index contributed by atoms with van der Waals surface area (Å²) in [5, 5.41) is 11.5. The molecule has 0 spiro atoms. The third-order valence-electron chi connectivity index (χ3n) is 5.28. The van der Waals surface area contributed by atoms with Crippen LogP contribution < -0.4 is 5.32 Å². The number of hydrogen-bond donors (Lipinski definition) is 2. The molecule has 1 heterocycles. The third kappa shape index (κ3) is 4.23. The molecule has 1 amide bonds. The molecule has 1 saturated heterocycles. The van der Waals surface area contributed by atoms with Crippen LogP contribution in [0, 0.1) is 11.8 Å². The normalized spacial score (nSPS) is 22.9. The van der Waals surface area contributed by atoms with E-state index in [1.54, 1.807) is 6.92 Å². The molecule has 0 radical (unpaired) electrons. The molecule has 0 aromatic heterocycles. The van der Waals surface area contributed by atoms with Gasteiger partial charge in [-0.25, -0.2) is 4.79 Å². The van der Waals surface area contributed by atoms with Crippen molar-refractivity contribution in [2.75, 3.05) is 0 Å². The number of carbonyl (C=O) groups excluding carboxylic acids is 2. The zero-order valence-corrected chi connectivity index (χ0v) is 16.8. The standard InChI is InChI=1S/C16H27N3O5Si/c1-8(13(20)12(19-17)15(22)23)11-10(14(21)18-11)9(2)24-25(6,7)16(3,4)5/h8-11H,1-7H3,(H,18,21)(H,22,23)/t8?,9-,10-,11-/m1/s1. The number of nitrogens with one attached hydrogen (secondary N) is 1. The summed E-state index contributed by atoms with van der Waals surface area (Å²) in [5.41, 5.74) is 7.80. The van der Waals surface area contributed by atoms with Gasteiger partial charge in [-0.1, -0.05) is 27.7 Å². The highest BCUT2D eigenvalue weighted by atomic mass is 28.4. The Morgan fingerprint density at radius 3 is 2.20 bits per heavy atom. The fourth-order valence-corrected chi connectivity index (χ4v) is 4.08. The Kier molecular flexibility index (Phi) is 6.10. The molecule has 9 heteroatoms. The number of rotatable bonds is 7. The smallest absolute Gasteiger partial charge is 0.441 e. The zero-order chi connectivity index (χ0) is 19.7. The van der Waals surface area contributed by atoms with E-state index in [2.05, 4.69) is 44.0 Å². The summed E-state index contributed by atoms with van der Waals surface area (Å²) >= 11 is 0. The van der Waals surface area contributed by atoms with Crippen molar-refractivity contribution in [1.82, 2.24) is 5.32 Å². The number of ketones is 1. The fraction of sp³-hybridized carbons (Fsp3) is 0.750. The van der Waals surface area contributed by atoms with E-state index in [4.69, 9.17) is 15.1 Å². The number of carboxylic acid groups (broad SMARTS) is 1. The molecule has 4 atom stereocenters. The Hall–Kier alpha value is -1.83. The van der Waals surface area contributed by atoms with Crippen LogP contribution in [0.25, 0.3) is 5.53 Å². The predicted octanol–water partition coefficient (Wildman–Crippen LogP) is 1.47. The molecule has 1 aliphatic rings. The minimum atomic E-state index is -2.10. The first kappa shape index (κ1) is 21.2. The van der Waals surface area contributed by atoms with Crippen molar-refractivity contribution in [3.63, 3.8) is 0 Å². The summed E-state index contributed by atoms with van der Waals surface area (Å²) in [6.07, 6.45) is -0.408. The Morgan fingerprint density at radius 2 is 1.84 bits per heavy atom. The van der Waals surface area contributed by atoms with Crippen LogP contribution in [0.5, 0.6) is 0 Å². The summed E-state index contributed by atoms with van der Waals surface area (Å²) < 4.78 is 6.24. The molecule has 1 unspecified atom stereocenters. The minimum absolute atomic E-state index is 0.0293. The molecule has 2 N–H and O–H groups in total.